The molecule has 2 atom stereocenters. The minimum Gasteiger partial charge on any atom is -0.0730 e. The van der Waals surface area contributed by atoms with Gasteiger partial charge in [-0.1, -0.05) is 180 Å². The molecule has 2 aromatic carbocycles. The van der Waals surface area contributed by atoms with Gasteiger partial charge >= 0.3 is 0 Å². The number of benzene rings is 2. The quantitative estimate of drug-likeness (QED) is 0.348. The summed E-state index contributed by atoms with van der Waals surface area (Å²) in [4.78, 5) is 0. The van der Waals surface area contributed by atoms with Crippen LogP contribution in [0.5, 0.6) is 0 Å². The molecule has 0 spiro atoms. The zero-order valence-electron chi connectivity index (χ0n) is 29.5. The molecule has 2 unspecified atom stereocenters. The van der Waals surface area contributed by atoms with E-state index < -0.39 is 5.41 Å². The Hall–Kier alpha value is -2.60. The molecular formula is C42H58. The van der Waals surface area contributed by atoms with E-state index in [1.165, 1.54) is 27.8 Å². The zero-order chi connectivity index (χ0) is 31.7. The second kappa shape index (κ2) is 9.97. The van der Waals surface area contributed by atoms with Gasteiger partial charge in [0.25, 0.3) is 0 Å². The van der Waals surface area contributed by atoms with Gasteiger partial charge in [0.05, 0.1) is 0 Å². The maximum Gasteiger partial charge on any atom is 0.0461 e. The highest BCUT2D eigenvalue weighted by molar-refractivity contribution is 5.66. The first-order valence-electron chi connectivity index (χ1n) is 16.1. The lowest BCUT2D eigenvalue weighted by molar-refractivity contribution is 0.0313. The van der Waals surface area contributed by atoms with E-state index in [0.29, 0.717) is 0 Å². The lowest BCUT2D eigenvalue weighted by atomic mass is 9.36. The van der Waals surface area contributed by atoms with Gasteiger partial charge in [-0.3, -0.25) is 0 Å². The summed E-state index contributed by atoms with van der Waals surface area (Å²) in [6, 6.07) is 23.0. The van der Waals surface area contributed by atoms with Crippen LogP contribution in [-0.2, 0) is 5.41 Å². The highest BCUT2D eigenvalue weighted by Crippen LogP contribution is 2.76. The predicted octanol–water partition coefficient (Wildman–Crippen LogP) is 12.3. The van der Waals surface area contributed by atoms with E-state index in [9.17, 15) is 0 Å². The van der Waals surface area contributed by atoms with Crippen LogP contribution >= 0.6 is 0 Å². The zero-order valence-corrected chi connectivity index (χ0v) is 29.5. The molecule has 2 aromatic rings. The second-order valence-electron chi connectivity index (χ2n) is 17.4. The lowest BCUT2D eigenvalue weighted by Crippen LogP contribution is -2.62. The van der Waals surface area contributed by atoms with Crippen molar-refractivity contribution in [1.82, 2.24) is 0 Å². The van der Waals surface area contributed by atoms with Gasteiger partial charge in [0.15, 0.2) is 0 Å². The Morgan fingerprint density at radius 3 is 1.33 bits per heavy atom. The minimum atomic E-state index is -0.439. The summed E-state index contributed by atoms with van der Waals surface area (Å²) in [7, 11) is 0. The van der Waals surface area contributed by atoms with Crippen molar-refractivity contribution in [3.05, 3.63) is 118 Å². The van der Waals surface area contributed by atoms with E-state index >= 15 is 0 Å². The molecule has 0 N–H and O–H groups in total. The van der Waals surface area contributed by atoms with Crippen LogP contribution in [0.4, 0.5) is 0 Å². The average molecular weight is 563 g/mol. The first-order valence-corrected chi connectivity index (χ1v) is 16.1. The summed E-state index contributed by atoms with van der Waals surface area (Å²) in [5.74, 6) is 0. The standard InChI is InChI=1S/C42H58/c1-29-26-27-40(15,30(29)2)42(31-22-18-16-19-23-31,32-24-20-17-21-25-32)41(39(12,13)14)28-33(36(3,4)5)34(37(6,7)8)35(41)38(9,10)11/h16-28H,1-15H3. The summed E-state index contributed by atoms with van der Waals surface area (Å²) < 4.78 is 0. The Morgan fingerprint density at radius 2 is 1.02 bits per heavy atom. The molecule has 0 nitrogen and oxygen atoms in total. The highest BCUT2D eigenvalue weighted by atomic mass is 14.7. The van der Waals surface area contributed by atoms with Crippen LogP contribution in [0.25, 0.3) is 0 Å². The minimum absolute atomic E-state index is 0.0154. The van der Waals surface area contributed by atoms with Crippen LogP contribution in [0.3, 0.4) is 0 Å². The average Bonchev–Trinajstić information content (AvgIpc) is 3.39. The molecular weight excluding hydrogens is 504 g/mol. The number of hydrogen-bond acceptors (Lipinski definition) is 0. The van der Waals surface area contributed by atoms with E-state index in [0.717, 1.165) is 0 Å². The summed E-state index contributed by atoms with van der Waals surface area (Å²) in [6.07, 6.45) is 7.74. The van der Waals surface area contributed by atoms with Gasteiger partial charge in [-0.15, -0.1) is 0 Å². The van der Waals surface area contributed by atoms with E-state index in [2.05, 4.69) is 183 Å². The topological polar surface area (TPSA) is 0 Å². The van der Waals surface area contributed by atoms with Crippen molar-refractivity contribution < 1.29 is 0 Å². The lowest BCUT2D eigenvalue weighted by Gasteiger charge is -2.65. The smallest absolute Gasteiger partial charge is 0.0461 e. The van der Waals surface area contributed by atoms with Crippen molar-refractivity contribution in [2.24, 2.45) is 32.5 Å². The van der Waals surface area contributed by atoms with E-state index in [1.807, 2.05) is 0 Å². The summed E-state index contributed by atoms with van der Waals surface area (Å²) in [6.45, 7) is 36.7. The molecule has 0 heterocycles. The van der Waals surface area contributed by atoms with Gasteiger partial charge in [-0.2, -0.15) is 0 Å². The molecule has 4 rings (SSSR count). The Balaban J connectivity index is 2.50. The fourth-order valence-electron chi connectivity index (χ4n) is 8.84. The van der Waals surface area contributed by atoms with Gasteiger partial charge in [-0.25, -0.2) is 0 Å². The molecule has 0 saturated heterocycles. The van der Waals surface area contributed by atoms with Crippen molar-refractivity contribution in [3.63, 3.8) is 0 Å². The van der Waals surface area contributed by atoms with Gasteiger partial charge < -0.3 is 0 Å². The fourth-order valence-corrected chi connectivity index (χ4v) is 8.84. The van der Waals surface area contributed by atoms with Gasteiger partial charge in [-0.05, 0) is 63.4 Å². The van der Waals surface area contributed by atoms with Crippen LogP contribution < -0.4 is 0 Å². The van der Waals surface area contributed by atoms with E-state index in [4.69, 9.17) is 0 Å². The highest BCUT2D eigenvalue weighted by Gasteiger charge is 2.70. The van der Waals surface area contributed by atoms with Crippen molar-refractivity contribution >= 4 is 0 Å². The Bertz CT molecular complexity index is 1400. The van der Waals surface area contributed by atoms with Crippen molar-refractivity contribution in [1.29, 1.82) is 0 Å². The first-order chi connectivity index (χ1) is 19.1. The Labute approximate surface area is 259 Å². The third kappa shape index (κ3) is 4.46. The molecule has 0 heteroatoms. The molecule has 2 aliphatic carbocycles. The monoisotopic (exact) mass is 562 g/mol. The van der Waals surface area contributed by atoms with Crippen molar-refractivity contribution in [3.8, 4) is 0 Å². The molecule has 42 heavy (non-hydrogen) atoms. The van der Waals surface area contributed by atoms with Crippen LogP contribution in [0.2, 0.25) is 0 Å². The molecule has 226 valence electrons. The summed E-state index contributed by atoms with van der Waals surface area (Å²) in [5, 5.41) is 0. The summed E-state index contributed by atoms with van der Waals surface area (Å²) >= 11 is 0. The SMILES string of the molecule is CC1=C(C)C(C)(C(c2ccccc2)(c2ccccc2)C2(C(C)(C)C)C=C(C(C)(C)C)C(C(C)(C)C)=C2C(C)(C)C)C=C1. The number of hydrogen-bond donors (Lipinski definition) is 0. The van der Waals surface area contributed by atoms with Gasteiger partial charge in [0.2, 0.25) is 0 Å². The van der Waals surface area contributed by atoms with Crippen molar-refractivity contribution in [2.75, 3.05) is 0 Å². The molecule has 0 aromatic heterocycles. The third-order valence-electron chi connectivity index (χ3n) is 10.6. The van der Waals surface area contributed by atoms with E-state index in [-0.39, 0.29) is 32.5 Å². The number of rotatable bonds is 4. The molecule has 0 radical (unpaired) electrons. The maximum atomic E-state index is 2.80. The molecule has 0 bridgehead atoms. The first kappa shape index (κ1) is 32.3. The van der Waals surface area contributed by atoms with Crippen LogP contribution in [0.1, 0.15) is 115 Å². The maximum absolute atomic E-state index is 2.80. The normalized spacial score (nSPS) is 24.1. The Morgan fingerprint density at radius 1 is 0.571 bits per heavy atom. The van der Waals surface area contributed by atoms with Crippen molar-refractivity contribution in [2.45, 2.75) is 109 Å². The van der Waals surface area contributed by atoms with E-state index in [1.54, 1.807) is 11.1 Å². The molecule has 0 amide bonds. The van der Waals surface area contributed by atoms with Crippen LogP contribution in [0.15, 0.2) is 107 Å². The Kier molecular flexibility index (Phi) is 7.67. The number of allylic oxidation sites excluding steroid dienone is 8. The predicted molar refractivity (Wildman–Crippen MR) is 185 cm³/mol. The molecule has 0 saturated carbocycles. The van der Waals surface area contributed by atoms with Gasteiger partial charge in [0.1, 0.15) is 0 Å². The fraction of sp³-hybridized carbons (Fsp3) is 0.524. The molecule has 2 aliphatic rings. The third-order valence-corrected chi connectivity index (χ3v) is 10.6. The molecule has 0 fully saturated rings. The largest absolute Gasteiger partial charge is 0.0730 e. The van der Waals surface area contributed by atoms with Crippen LogP contribution in [-0.4, -0.2) is 0 Å². The molecule has 0 aliphatic heterocycles. The second-order valence-corrected chi connectivity index (χ2v) is 17.4. The van der Waals surface area contributed by atoms with Crippen LogP contribution in [0, 0.1) is 32.5 Å². The summed E-state index contributed by atoms with van der Waals surface area (Å²) in [5.41, 5.74) is 8.92. The van der Waals surface area contributed by atoms with Gasteiger partial charge in [0, 0.05) is 16.2 Å².